The molecule has 1 aromatic carbocycles. The molecule has 0 aliphatic carbocycles. The molecule has 0 aromatic heterocycles. The summed E-state index contributed by atoms with van der Waals surface area (Å²) in [6, 6.07) is 8.03. The van der Waals surface area contributed by atoms with E-state index >= 15 is 0 Å². The molecule has 4 N–H and O–H groups in total. The van der Waals surface area contributed by atoms with Crippen molar-refractivity contribution in [3.63, 3.8) is 0 Å². The fourth-order valence-corrected chi connectivity index (χ4v) is 2.20. The summed E-state index contributed by atoms with van der Waals surface area (Å²) < 4.78 is 0. The molecule has 0 unspecified atom stereocenters. The standard InChI is InChI=1S/C13H19N3O.ClH/c1-10-2-4-11(5-3-10)16-13(12(14)17)6-8-15-9-7-13;/h2-5,15-16H,6-9H2,1H3,(H2,14,17);1H. The van der Waals surface area contributed by atoms with Crippen molar-refractivity contribution in [3.05, 3.63) is 29.8 Å². The summed E-state index contributed by atoms with van der Waals surface area (Å²) in [5.74, 6) is -0.264. The topological polar surface area (TPSA) is 67.1 Å². The van der Waals surface area contributed by atoms with Gasteiger partial charge in [0.25, 0.3) is 0 Å². The van der Waals surface area contributed by atoms with Crippen LogP contribution in [0.25, 0.3) is 0 Å². The maximum absolute atomic E-state index is 11.7. The minimum absolute atomic E-state index is 0. The number of piperidine rings is 1. The quantitative estimate of drug-likeness (QED) is 0.778. The fourth-order valence-electron chi connectivity index (χ4n) is 2.20. The fraction of sp³-hybridized carbons (Fsp3) is 0.462. The summed E-state index contributed by atoms with van der Waals surface area (Å²) in [5.41, 5.74) is 7.11. The number of amides is 1. The third-order valence-corrected chi connectivity index (χ3v) is 3.36. The van der Waals surface area contributed by atoms with Gasteiger partial charge in [0.1, 0.15) is 5.54 Å². The molecule has 4 nitrogen and oxygen atoms in total. The number of aryl methyl sites for hydroxylation is 1. The highest BCUT2D eigenvalue weighted by molar-refractivity contribution is 5.88. The number of hydrogen-bond donors (Lipinski definition) is 3. The molecule has 1 aromatic rings. The van der Waals surface area contributed by atoms with E-state index < -0.39 is 5.54 Å². The molecule has 0 spiro atoms. The first kappa shape index (κ1) is 14.8. The summed E-state index contributed by atoms with van der Waals surface area (Å²) in [6.07, 6.45) is 1.46. The summed E-state index contributed by atoms with van der Waals surface area (Å²) in [4.78, 5) is 11.7. The van der Waals surface area contributed by atoms with E-state index in [1.165, 1.54) is 5.56 Å². The van der Waals surface area contributed by atoms with Gasteiger partial charge < -0.3 is 16.4 Å². The predicted molar refractivity (Wildman–Crippen MR) is 76.1 cm³/mol. The molecule has 0 saturated carbocycles. The Labute approximate surface area is 114 Å². The van der Waals surface area contributed by atoms with Crippen molar-refractivity contribution in [1.82, 2.24) is 5.32 Å². The second-order valence-corrected chi connectivity index (χ2v) is 4.69. The first-order chi connectivity index (χ1) is 8.12. The zero-order valence-corrected chi connectivity index (χ0v) is 11.3. The van der Waals surface area contributed by atoms with E-state index in [2.05, 4.69) is 10.6 Å². The average Bonchev–Trinajstić information content (AvgIpc) is 2.33. The van der Waals surface area contributed by atoms with Crippen molar-refractivity contribution < 1.29 is 4.79 Å². The Hall–Kier alpha value is -1.26. The number of benzene rings is 1. The molecule has 1 heterocycles. The van der Waals surface area contributed by atoms with Gasteiger partial charge in [-0.15, -0.1) is 12.4 Å². The molecule has 5 heteroatoms. The Kier molecular flexibility index (Phi) is 4.99. The smallest absolute Gasteiger partial charge is 0.243 e. The Balaban J connectivity index is 0.00000162. The summed E-state index contributed by atoms with van der Waals surface area (Å²) in [6.45, 7) is 3.68. The second kappa shape index (κ2) is 6.07. The largest absolute Gasteiger partial charge is 0.371 e. The molecule has 100 valence electrons. The minimum Gasteiger partial charge on any atom is -0.371 e. The van der Waals surface area contributed by atoms with Gasteiger partial charge in [0.15, 0.2) is 0 Å². The number of nitrogens with two attached hydrogens (primary N) is 1. The van der Waals surface area contributed by atoms with Crippen molar-refractivity contribution in [2.24, 2.45) is 5.73 Å². The normalized spacial score (nSPS) is 17.6. The molecule has 1 fully saturated rings. The molecule has 1 saturated heterocycles. The van der Waals surface area contributed by atoms with Gasteiger partial charge in [-0.1, -0.05) is 17.7 Å². The summed E-state index contributed by atoms with van der Waals surface area (Å²) in [7, 11) is 0. The zero-order valence-electron chi connectivity index (χ0n) is 10.5. The average molecular weight is 270 g/mol. The third-order valence-electron chi connectivity index (χ3n) is 3.36. The van der Waals surface area contributed by atoms with E-state index in [4.69, 9.17) is 5.73 Å². The lowest BCUT2D eigenvalue weighted by Gasteiger charge is -2.36. The van der Waals surface area contributed by atoms with Gasteiger partial charge in [-0.2, -0.15) is 0 Å². The van der Waals surface area contributed by atoms with Crippen molar-refractivity contribution in [3.8, 4) is 0 Å². The summed E-state index contributed by atoms with van der Waals surface area (Å²) >= 11 is 0. The number of hydrogen-bond acceptors (Lipinski definition) is 3. The van der Waals surface area contributed by atoms with E-state index in [1.807, 2.05) is 31.2 Å². The monoisotopic (exact) mass is 269 g/mol. The Bertz CT molecular complexity index is 399. The van der Waals surface area contributed by atoms with Crippen LogP contribution in [-0.2, 0) is 4.79 Å². The lowest BCUT2D eigenvalue weighted by molar-refractivity contribution is -0.123. The highest BCUT2D eigenvalue weighted by atomic mass is 35.5. The van der Waals surface area contributed by atoms with Crippen LogP contribution in [0, 0.1) is 6.92 Å². The van der Waals surface area contributed by atoms with Crippen LogP contribution in [0.3, 0.4) is 0 Å². The number of anilines is 1. The molecule has 1 aliphatic heterocycles. The van der Waals surface area contributed by atoms with E-state index in [-0.39, 0.29) is 18.3 Å². The Morgan fingerprint density at radius 1 is 1.28 bits per heavy atom. The van der Waals surface area contributed by atoms with Gasteiger partial charge in [0, 0.05) is 5.69 Å². The van der Waals surface area contributed by atoms with Crippen LogP contribution >= 0.6 is 12.4 Å². The lowest BCUT2D eigenvalue weighted by Crippen LogP contribution is -2.56. The van der Waals surface area contributed by atoms with E-state index in [1.54, 1.807) is 0 Å². The van der Waals surface area contributed by atoms with Crippen LogP contribution in [-0.4, -0.2) is 24.5 Å². The third kappa shape index (κ3) is 3.15. The highest BCUT2D eigenvalue weighted by Gasteiger charge is 2.37. The van der Waals surface area contributed by atoms with Crippen LogP contribution in [0.5, 0.6) is 0 Å². The van der Waals surface area contributed by atoms with Crippen LogP contribution in [0.1, 0.15) is 18.4 Å². The molecule has 1 aliphatic rings. The number of carbonyl (C=O) groups excluding carboxylic acids is 1. The van der Waals surface area contributed by atoms with Gasteiger partial charge in [0.05, 0.1) is 0 Å². The second-order valence-electron chi connectivity index (χ2n) is 4.69. The Morgan fingerprint density at radius 2 is 1.83 bits per heavy atom. The van der Waals surface area contributed by atoms with E-state index in [9.17, 15) is 4.79 Å². The molecule has 0 atom stereocenters. The number of carbonyl (C=O) groups is 1. The van der Waals surface area contributed by atoms with Crippen molar-refractivity contribution >= 4 is 24.0 Å². The molecular weight excluding hydrogens is 250 g/mol. The molecule has 1 amide bonds. The van der Waals surface area contributed by atoms with Crippen LogP contribution < -0.4 is 16.4 Å². The maximum atomic E-state index is 11.7. The molecule has 0 radical (unpaired) electrons. The molecule has 18 heavy (non-hydrogen) atoms. The highest BCUT2D eigenvalue weighted by Crippen LogP contribution is 2.24. The Morgan fingerprint density at radius 3 is 2.33 bits per heavy atom. The number of rotatable bonds is 3. The van der Waals surface area contributed by atoms with Crippen molar-refractivity contribution in [1.29, 1.82) is 0 Å². The summed E-state index contributed by atoms with van der Waals surface area (Å²) in [5, 5.41) is 6.55. The number of nitrogens with one attached hydrogen (secondary N) is 2. The van der Waals surface area contributed by atoms with E-state index in [0.717, 1.165) is 31.6 Å². The maximum Gasteiger partial charge on any atom is 0.243 e. The van der Waals surface area contributed by atoms with Crippen LogP contribution in [0.4, 0.5) is 5.69 Å². The number of primary amides is 1. The predicted octanol–water partition coefficient (Wildman–Crippen LogP) is 1.44. The minimum atomic E-state index is -0.597. The molecule has 0 bridgehead atoms. The van der Waals surface area contributed by atoms with Crippen LogP contribution in [0.2, 0.25) is 0 Å². The van der Waals surface area contributed by atoms with Crippen molar-refractivity contribution in [2.45, 2.75) is 25.3 Å². The van der Waals surface area contributed by atoms with Crippen LogP contribution in [0.15, 0.2) is 24.3 Å². The number of halogens is 1. The zero-order chi connectivity index (χ0) is 12.3. The van der Waals surface area contributed by atoms with Gasteiger partial charge in [-0.05, 0) is 45.0 Å². The van der Waals surface area contributed by atoms with Gasteiger partial charge >= 0.3 is 0 Å². The van der Waals surface area contributed by atoms with E-state index in [0.29, 0.717) is 0 Å². The molecular formula is C13H20ClN3O. The van der Waals surface area contributed by atoms with Crippen molar-refractivity contribution in [2.75, 3.05) is 18.4 Å². The first-order valence-electron chi connectivity index (χ1n) is 5.98. The molecule has 2 rings (SSSR count). The van der Waals surface area contributed by atoms with Gasteiger partial charge in [0.2, 0.25) is 5.91 Å². The van der Waals surface area contributed by atoms with Gasteiger partial charge in [-0.3, -0.25) is 4.79 Å². The first-order valence-corrected chi connectivity index (χ1v) is 5.98. The lowest BCUT2D eigenvalue weighted by atomic mass is 9.87. The SMILES string of the molecule is Cc1ccc(NC2(C(N)=O)CCNCC2)cc1.Cl. The van der Waals surface area contributed by atoms with Gasteiger partial charge in [-0.25, -0.2) is 0 Å².